The zero-order valence-corrected chi connectivity index (χ0v) is 12.4. The Morgan fingerprint density at radius 3 is 2.67 bits per heavy atom. The van der Waals surface area contributed by atoms with E-state index in [1.165, 1.54) is 44.2 Å². The van der Waals surface area contributed by atoms with Gasteiger partial charge >= 0.3 is 0 Å². The number of non-ortho nitro benzene ring substituents is 1. The molecule has 0 heterocycles. The summed E-state index contributed by atoms with van der Waals surface area (Å²) in [7, 11) is 0. The smallest absolute Gasteiger partial charge is 0.269 e. The van der Waals surface area contributed by atoms with Crippen molar-refractivity contribution < 1.29 is 9.72 Å². The number of benzene rings is 1. The maximum absolute atomic E-state index is 12.0. The zero-order valence-electron chi connectivity index (χ0n) is 12.4. The van der Waals surface area contributed by atoms with Crippen LogP contribution < -0.4 is 5.32 Å². The van der Waals surface area contributed by atoms with E-state index < -0.39 is 4.92 Å². The quantitative estimate of drug-likeness (QED) is 0.652. The molecule has 0 aliphatic heterocycles. The second kappa shape index (κ2) is 7.20. The number of nitro benzene ring substituents is 1. The molecule has 1 aliphatic carbocycles. The first-order valence-corrected chi connectivity index (χ1v) is 7.61. The summed E-state index contributed by atoms with van der Waals surface area (Å²) in [6.45, 7) is 1.77. The number of nitrogens with one attached hydrogen (secondary N) is 1. The summed E-state index contributed by atoms with van der Waals surface area (Å²) in [5, 5.41) is 13.5. The lowest BCUT2D eigenvalue weighted by atomic mass is 9.86. The summed E-state index contributed by atoms with van der Waals surface area (Å²) in [6.07, 6.45) is 7.85. The Morgan fingerprint density at radius 2 is 2.05 bits per heavy atom. The number of carbonyl (C=O) groups is 1. The third-order valence-corrected chi connectivity index (χ3v) is 4.20. The van der Waals surface area contributed by atoms with Crippen molar-refractivity contribution in [2.45, 2.75) is 51.9 Å². The van der Waals surface area contributed by atoms with E-state index in [-0.39, 0.29) is 11.6 Å². The lowest BCUT2D eigenvalue weighted by Crippen LogP contribution is -2.15. The van der Waals surface area contributed by atoms with Crippen LogP contribution in [0.2, 0.25) is 0 Å². The summed E-state index contributed by atoms with van der Waals surface area (Å²) in [4.78, 5) is 22.2. The highest BCUT2D eigenvalue weighted by Gasteiger charge is 2.15. The molecule has 0 aromatic heterocycles. The van der Waals surface area contributed by atoms with Crippen molar-refractivity contribution in [1.29, 1.82) is 0 Å². The van der Waals surface area contributed by atoms with Gasteiger partial charge in [-0.15, -0.1) is 0 Å². The molecule has 0 unspecified atom stereocenters. The first-order chi connectivity index (χ1) is 10.1. The standard InChI is InChI=1S/C16H22N2O3/c1-12-11-14(18(20)21)8-9-15(12)17-16(19)10-7-13-5-3-2-4-6-13/h8-9,11,13H,2-7,10H2,1H3,(H,17,19). The van der Waals surface area contributed by atoms with Crippen LogP contribution in [0.3, 0.4) is 0 Å². The largest absolute Gasteiger partial charge is 0.326 e. The SMILES string of the molecule is Cc1cc([N+](=O)[O-])ccc1NC(=O)CCC1CCCCC1. The number of rotatable bonds is 5. The fraction of sp³-hybridized carbons (Fsp3) is 0.562. The Morgan fingerprint density at radius 1 is 1.33 bits per heavy atom. The Bertz CT molecular complexity index is 522. The molecule has 0 atom stereocenters. The number of amides is 1. The highest BCUT2D eigenvalue weighted by Crippen LogP contribution is 2.27. The van der Waals surface area contributed by atoms with Crippen LogP contribution in [0, 0.1) is 23.0 Å². The molecule has 2 rings (SSSR count). The summed E-state index contributed by atoms with van der Waals surface area (Å²) >= 11 is 0. The summed E-state index contributed by atoms with van der Waals surface area (Å²) in [5.74, 6) is 0.681. The minimum Gasteiger partial charge on any atom is -0.326 e. The van der Waals surface area contributed by atoms with E-state index in [9.17, 15) is 14.9 Å². The van der Waals surface area contributed by atoms with E-state index in [0.717, 1.165) is 12.0 Å². The summed E-state index contributed by atoms with van der Waals surface area (Å²) in [6, 6.07) is 4.51. The number of hydrogen-bond donors (Lipinski definition) is 1. The van der Waals surface area contributed by atoms with Crippen LogP contribution in [0.15, 0.2) is 18.2 Å². The van der Waals surface area contributed by atoms with Gasteiger partial charge in [-0.25, -0.2) is 0 Å². The highest BCUT2D eigenvalue weighted by atomic mass is 16.6. The van der Waals surface area contributed by atoms with Gasteiger partial charge in [-0.05, 0) is 30.9 Å². The van der Waals surface area contributed by atoms with Crippen molar-refractivity contribution in [1.82, 2.24) is 0 Å². The normalized spacial score (nSPS) is 15.7. The molecule has 0 spiro atoms. The van der Waals surface area contributed by atoms with Crippen molar-refractivity contribution in [3.8, 4) is 0 Å². The van der Waals surface area contributed by atoms with Gasteiger partial charge in [0.05, 0.1) is 4.92 Å². The molecule has 1 fully saturated rings. The Labute approximate surface area is 124 Å². The molecule has 0 saturated heterocycles. The lowest BCUT2D eigenvalue weighted by molar-refractivity contribution is -0.384. The Hall–Kier alpha value is -1.91. The molecule has 5 heteroatoms. The minimum absolute atomic E-state index is 0.00229. The van der Waals surface area contributed by atoms with Gasteiger partial charge in [0.1, 0.15) is 0 Å². The number of nitro groups is 1. The average Bonchev–Trinajstić information content (AvgIpc) is 2.48. The van der Waals surface area contributed by atoms with Crippen LogP contribution in [0.25, 0.3) is 0 Å². The molecule has 1 saturated carbocycles. The van der Waals surface area contributed by atoms with Crippen molar-refractivity contribution >= 4 is 17.3 Å². The summed E-state index contributed by atoms with van der Waals surface area (Å²) in [5.41, 5.74) is 1.43. The van der Waals surface area contributed by atoms with Crippen LogP contribution in [0.1, 0.15) is 50.5 Å². The van der Waals surface area contributed by atoms with E-state index in [2.05, 4.69) is 5.32 Å². The van der Waals surface area contributed by atoms with Crippen LogP contribution in [-0.4, -0.2) is 10.8 Å². The van der Waals surface area contributed by atoms with E-state index >= 15 is 0 Å². The maximum atomic E-state index is 12.0. The number of aryl methyl sites for hydroxylation is 1. The van der Waals surface area contributed by atoms with Crippen LogP contribution in [-0.2, 0) is 4.79 Å². The lowest BCUT2D eigenvalue weighted by Gasteiger charge is -2.21. The predicted octanol–water partition coefficient (Wildman–Crippen LogP) is 4.20. The fourth-order valence-electron chi connectivity index (χ4n) is 2.93. The number of hydrogen-bond acceptors (Lipinski definition) is 3. The molecular weight excluding hydrogens is 268 g/mol. The average molecular weight is 290 g/mol. The third kappa shape index (κ3) is 4.55. The second-order valence-electron chi connectivity index (χ2n) is 5.85. The summed E-state index contributed by atoms with van der Waals surface area (Å²) < 4.78 is 0. The Balaban J connectivity index is 1.85. The first-order valence-electron chi connectivity index (χ1n) is 7.61. The van der Waals surface area contributed by atoms with E-state index in [1.807, 2.05) is 0 Å². The number of anilines is 1. The molecular formula is C16H22N2O3. The van der Waals surface area contributed by atoms with Gasteiger partial charge in [-0.2, -0.15) is 0 Å². The van der Waals surface area contributed by atoms with Gasteiger partial charge in [0.15, 0.2) is 0 Å². The molecule has 1 aromatic carbocycles. The van der Waals surface area contributed by atoms with Gasteiger partial charge in [-0.3, -0.25) is 14.9 Å². The highest BCUT2D eigenvalue weighted by molar-refractivity contribution is 5.91. The number of nitrogens with zero attached hydrogens (tertiary/aromatic N) is 1. The molecule has 5 nitrogen and oxygen atoms in total. The number of carbonyl (C=O) groups excluding carboxylic acids is 1. The van der Waals surface area contributed by atoms with Gasteiger partial charge in [-0.1, -0.05) is 32.1 Å². The topological polar surface area (TPSA) is 72.2 Å². The molecule has 1 amide bonds. The molecule has 0 radical (unpaired) electrons. The molecule has 114 valence electrons. The maximum Gasteiger partial charge on any atom is 0.269 e. The predicted molar refractivity (Wildman–Crippen MR) is 82.3 cm³/mol. The molecule has 1 N–H and O–H groups in total. The Kier molecular flexibility index (Phi) is 5.31. The second-order valence-corrected chi connectivity index (χ2v) is 5.85. The van der Waals surface area contributed by atoms with E-state index in [4.69, 9.17) is 0 Å². The van der Waals surface area contributed by atoms with Gasteiger partial charge in [0.2, 0.25) is 5.91 Å². The molecule has 21 heavy (non-hydrogen) atoms. The fourth-order valence-corrected chi connectivity index (χ4v) is 2.93. The van der Waals surface area contributed by atoms with Crippen molar-refractivity contribution in [3.05, 3.63) is 33.9 Å². The van der Waals surface area contributed by atoms with E-state index in [0.29, 0.717) is 18.0 Å². The van der Waals surface area contributed by atoms with Gasteiger partial charge in [0, 0.05) is 24.2 Å². The first kappa shape index (κ1) is 15.5. The third-order valence-electron chi connectivity index (χ3n) is 4.20. The molecule has 1 aliphatic rings. The van der Waals surface area contributed by atoms with Gasteiger partial charge < -0.3 is 5.32 Å². The van der Waals surface area contributed by atoms with Crippen LogP contribution >= 0.6 is 0 Å². The molecule has 1 aromatic rings. The monoisotopic (exact) mass is 290 g/mol. The molecule has 0 bridgehead atoms. The minimum atomic E-state index is -0.429. The van der Waals surface area contributed by atoms with Crippen molar-refractivity contribution in [3.63, 3.8) is 0 Å². The van der Waals surface area contributed by atoms with Crippen LogP contribution in [0.5, 0.6) is 0 Å². The van der Waals surface area contributed by atoms with E-state index in [1.54, 1.807) is 13.0 Å². The van der Waals surface area contributed by atoms with Gasteiger partial charge in [0.25, 0.3) is 5.69 Å². The zero-order chi connectivity index (χ0) is 15.2. The van der Waals surface area contributed by atoms with Crippen molar-refractivity contribution in [2.75, 3.05) is 5.32 Å². The van der Waals surface area contributed by atoms with Crippen molar-refractivity contribution in [2.24, 2.45) is 5.92 Å². The van der Waals surface area contributed by atoms with Crippen LogP contribution in [0.4, 0.5) is 11.4 Å².